The molecule has 20 heavy (non-hydrogen) atoms. The number of hydrogen-bond donors (Lipinski definition) is 2. The number of carbonyl (C=O) groups excluding carboxylic acids is 1. The number of carbonyl (C=O) groups is 1. The Morgan fingerprint density at radius 2 is 2.10 bits per heavy atom. The summed E-state index contributed by atoms with van der Waals surface area (Å²) < 4.78 is 1.02. The van der Waals surface area contributed by atoms with E-state index in [9.17, 15) is 4.79 Å². The molecule has 104 valence electrons. The summed E-state index contributed by atoms with van der Waals surface area (Å²) in [5.41, 5.74) is 2.65. The van der Waals surface area contributed by atoms with E-state index in [0.29, 0.717) is 5.82 Å². The Hall–Kier alpha value is -1.95. The van der Waals surface area contributed by atoms with E-state index in [2.05, 4.69) is 36.5 Å². The Kier molecular flexibility index (Phi) is 4.68. The van der Waals surface area contributed by atoms with Gasteiger partial charge in [0.2, 0.25) is 5.91 Å². The Bertz CT molecular complexity index is 630. The number of halogens is 1. The molecule has 1 aromatic heterocycles. The molecular weight excluding hydrogens is 320 g/mol. The molecule has 1 amide bonds. The molecule has 0 spiro atoms. The fraction of sp³-hybridized carbons (Fsp3) is 0.214. The van der Waals surface area contributed by atoms with Crippen molar-refractivity contribution in [2.24, 2.45) is 0 Å². The summed E-state index contributed by atoms with van der Waals surface area (Å²) in [5.74, 6) is 0.460. The lowest BCUT2D eigenvalue weighted by molar-refractivity contribution is -0.114. The number of nitrogens with one attached hydrogen (secondary N) is 2. The number of aryl methyl sites for hydroxylation is 2. The Morgan fingerprint density at radius 3 is 2.80 bits per heavy atom. The van der Waals surface area contributed by atoms with Gasteiger partial charge in [-0.05, 0) is 37.6 Å². The monoisotopic (exact) mass is 334 g/mol. The third kappa shape index (κ3) is 4.03. The van der Waals surface area contributed by atoms with Crippen LogP contribution in [-0.2, 0) is 4.79 Å². The molecule has 0 aliphatic heterocycles. The van der Waals surface area contributed by atoms with Crippen molar-refractivity contribution in [1.82, 2.24) is 9.97 Å². The predicted octanol–water partition coefficient (Wildman–Crippen LogP) is 2.91. The third-order valence-corrected chi connectivity index (χ3v) is 3.52. The highest BCUT2D eigenvalue weighted by molar-refractivity contribution is 9.10. The lowest BCUT2D eigenvalue weighted by atomic mass is 10.2. The van der Waals surface area contributed by atoms with Gasteiger partial charge in [0.25, 0.3) is 0 Å². The van der Waals surface area contributed by atoms with Crippen molar-refractivity contribution in [2.75, 3.05) is 17.2 Å². The van der Waals surface area contributed by atoms with Crippen LogP contribution in [0.3, 0.4) is 0 Å². The van der Waals surface area contributed by atoms with Gasteiger partial charge in [-0.25, -0.2) is 4.98 Å². The molecule has 1 aromatic carbocycles. The van der Waals surface area contributed by atoms with E-state index in [1.54, 1.807) is 12.4 Å². The van der Waals surface area contributed by atoms with Crippen LogP contribution in [0.1, 0.15) is 11.3 Å². The van der Waals surface area contributed by atoms with Crippen LogP contribution in [0.25, 0.3) is 0 Å². The van der Waals surface area contributed by atoms with Crippen LogP contribution in [0.4, 0.5) is 11.5 Å². The maximum absolute atomic E-state index is 11.8. The van der Waals surface area contributed by atoms with Gasteiger partial charge in [0.15, 0.2) is 0 Å². The zero-order chi connectivity index (χ0) is 14.5. The van der Waals surface area contributed by atoms with Crippen molar-refractivity contribution < 1.29 is 4.79 Å². The number of amides is 1. The van der Waals surface area contributed by atoms with E-state index in [1.807, 2.05) is 32.0 Å². The van der Waals surface area contributed by atoms with E-state index >= 15 is 0 Å². The molecule has 1 heterocycles. The SMILES string of the molecule is Cc1cncc(NCC(=O)Nc2ccc(Br)c(C)c2)n1. The molecule has 0 bridgehead atoms. The molecule has 2 rings (SSSR count). The van der Waals surface area contributed by atoms with E-state index in [0.717, 1.165) is 21.4 Å². The maximum Gasteiger partial charge on any atom is 0.243 e. The van der Waals surface area contributed by atoms with Gasteiger partial charge in [-0.15, -0.1) is 0 Å². The highest BCUT2D eigenvalue weighted by atomic mass is 79.9. The van der Waals surface area contributed by atoms with Crippen molar-refractivity contribution in [3.63, 3.8) is 0 Å². The van der Waals surface area contributed by atoms with E-state index < -0.39 is 0 Å². The summed E-state index contributed by atoms with van der Waals surface area (Å²) in [4.78, 5) is 20.1. The largest absolute Gasteiger partial charge is 0.360 e. The van der Waals surface area contributed by atoms with Crippen molar-refractivity contribution >= 4 is 33.3 Å². The highest BCUT2D eigenvalue weighted by Crippen LogP contribution is 2.19. The summed E-state index contributed by atoms with van der Waals surface area (Å²) in [6, 6.07) is 5.67. The van der Waals surface area contributed by atoms with Crippen LogP contribution in [-0.4, -0.2) is 22.4 Å². The first-order chi connectivity index (χ1) is 9.54. The van der Waals surface area contributed by atoms with Crippen LogP contribution < -0.4 is 10.6 Å². The maximum atomic E-state index is 11.8. The fourth-order valence-corrected chi connectivity index (χ4v) is 1.89. The lowest BCUT2D eigenvalue weighted by Gasteiger charge is -2.08. The minimum absolute atomic E-state index is 0.130. The standard InChI is InChI=1S/C14H15BrN4O/c1-9-5-11(3-4-12(9)15)19-14(20)8-17-13-7-16-6-10(2)18-13/h3-7H,8H2,1-2H3,(H,17,18)(H,19,20). The second-order valence-electron chi connectivity index (χ2n) is 4.41. The van der Waals surface area contributed by atoms with Crippen LogP contribution in [0.5, 0.6) is 0 Å². The zero-order valence-electron chi connectivity index (χ0n) is 11.3. The Labute approximate surface area is 126 Å². The van der Waals surface area contributed by atoms with Gasteiger partial charge >= 0.3 is 0 Å². The van der Waals surface area contributed by atoms with E-state index in [-0.39, 0.29) is 12.5 Å². The lowest BCUT2D eigenvalue weighted by Crippen LogP contribution is -2.22. The molecule has 0 aliphatic carbocycles. The van der Waals surface area contributed by atoms with Gasteiger partial charge in [-0.2, -0.15) is 0 Å². The summed E-state index contributed by atoms with van der Waals surface area (Å²) in [6.07, 6.45) is 3.25. The van der Waals surface area contributed by atoms with Crippen molar-refractivity contribution in [2.45, 2.75) is 13.8 Å². The van der Waals surface area contributed by atoms with Crippen LogP contribution in [0.15, 0.2) is 35.1 Å². The number of hydrogen-bond acceptors (Lipinski definition) is 4. The minimum Gasteiger partial charge on any atom is -0.360 e. The molecule has 0 saturated carbocycles. The number of nitrogens with zero attached hydrogens (tertiary/aromatic N) is 2. The predicted molar refractivity (Wildman–Crippen MR) is 82.8 cm³/mol. The zero-order valence-corrected chi connectivity index (χ0v) is 12.9. The molecule has 6 heteroatoms. The first-order valence-electron chi connectivity index (χ1n) is 6.13. The smallest absolute Gasteiger partial charge is 0.243 e. The van der Waals surface area contributed by atoms with Gasteiger partial charge < -0.3 is 10.6 Å². The van der Waals surface area contributed by atoms with Gasteiger partial charge in [0.05, 0.1) is 18.4 Å². The van der Waals surface area contributed by atoms with Gasteiger partial charge in [-0.1, -0.05) is 15.9 Å². The molecular formula is C14H15BrN4O. The van der Waals surface area contributed by atoms with Crippen LogP contribution in [0.2, 0.25) is 0 Å². The van der Waals surface area contributed by atoms with E-state index in [4.69, 9.17) is 0 Å². The third-order valence-electron chi connectivity index (χ3n) is 2.63. The van der Waals surface area contributed by atoms with Crippen LogP contribution in [0, 0.1) is 13.8 Å². The molecule has 0 fully saturated rings. The van der Waals surface area contributed by atoms with Gasteiger partial charge in [-0.3, -0.25) is 9.78 Å². The Morgan fingerprint density at radius 1 is 1.30 bits per heavy atom. The van der Waals surface area contributed by atoms with E-state index in [1.165, 1.54) is 0 Å². The Balaban J connectivity index is 1.91. The molecule has 0 atom stereocenters. The number of rotatable bonds is 4. The van der Waals surface area contributed by atoms with Crippen molar-refractivity contribution in [3.05, 3.63) is 46.3 Å². The fourth-order valence-electron chi connectivity index (χ4n) is 1.65. The average molecular weight is 335 g/mol. The van der Waals surface area contributed by atoms with Crippen LogP contribution >= 0.6 is 15.9 Å². The van der Waals surface area contributed by atoms with Gasteiger partial charge in [0, 0.05) is 16.4 Å². The summed E-state index contributed by atoms with van der Waals surface area (Å²) in [7, 11) is 0. The van der Waals surface area contributed by atoms with Crippen molar-refractivity contribution in [3.8, 4) is 0 Å². The topological polar surface area (TPSA) is 66.9 Å². The molecule has 5 nitrogen and oxygen atoms in total. The second-order valence-corrected chi connectivity index (χ2v) is 5.27. The first kappa shape index (κ1) is 14.5. The molecule has 0 aliphatic rings. The normalized spacial score (nSPS) is 10.2. The minimum atomic E-state index is -0.130. The first-order valence-corrected chi connectivity index (χ1v) is 6.92. The summed E-state index contributed by atoms with van der Waals surface area (Å²) in [5, 5.41) is 5.76. The van der Waals surface area contributed by atoms with Gasteiger partial charge in [0.1, 0.15) is 5.82 Å². The number of benzene rings is 1. The molecule has 0 unspecified atom stereocenters. The van der Waals surface area contributed by atoms with Crippen molar-refractivity contribution in [1.29, 1.82) is 0 Å². The average Bonchev–Trinajstić information content (AvgIpc) is 2.41. The quantitative estimate of drug-likeness (QED) is 0.902. The molecule has 2 aromatic rings. The molecule has 0 radical (unpaired) electrons. The summed E-state index contributed by atoms with van der Waals surface area (Å²) >= 11 is 3.42. The number of anilines is 2. The second kappa shape index (κ2) is 6.47. The molecule has 2 N–H and O–H groups in total. The number of aromatic nitrogens is 2. The summed E-state index contributed by atoms with van der Waals surface area (Å²) in [6.45, 7) is 3.97. The highest BCUT2D eigenvalue weighted by Gasteiger charge is 2.04. The molecule has 0 saturated heterocycles.